The van der Waals surface area contributed by atoms with E-state index in [9.17, 15) is 0 Å². The second kappa shape index (κ2) is 7.26. The minimum absolute atomic E-state index is 0.393. The van der Waals surface area contributed by atoms with Crippen LogP contribution in [-0.4, -0.2) is 37.1 Å². The standard InChI is InChI=1S/C9H22N2O2/c1-3-4-6-13-7-5-11-8-9(2,10)12/h11-12H,3-8,10H2,1-2H3. The van der Waals surface area contributed by atoms with Gasteiger partial charge in [0.15, 0.2) is 0 Å². The Labute approximate surface area is 80.5 Å². The highest BCUT2D eigenvalue weighted by atomic mass is 16.5. The van der Waals surface area contributed by atoms with Gasteiger partial charge in [-0.05, 0) is 13.3 Å². The summed E-state index contributed by atoms with van der Waals surface area (Å²) >= 11 is 0. The lowest BCUT2D eigenvalue weighted by atomic mass is 10.3. The lowest BCUT2D eigenvalue weighted by Gasteiger charge is -2.17. The first kappa shape index (κ1) is 12.8. The van der Waals surface area contributed by atoms with Crippen molar-refractivity contribution in [3.05, 3.63) is 0 Å². The van der Waals surface area contributed by atoms with Crippen molar-refractivity contribution in [2.24, 2.45) is 5.73 Å². The Morgan fingerprint density at radius 1 is 1.46 bits per heavy atom. The van der Waals surface area contributed by atoms with Gasteiger partial charge in [-0.2, -0.15) is 0 Å². The lowest BCUT2D eigenvalue weighted by molar-refractivity contribution is 0.0625. The molecule has 0 rings (SSSR count). The van der Waals surface area contributed by atoms with Gasteiger partial charge in [0.05, 0.1) is 6.61 Å². The van der Waals surface area contributed by atoms with Crippen molar-refractivity contribution >= 4 is 0 Å². The molecule has 4 nitrogen and oxygen atoms in total. The van der Waals surface area contributed by atoms with Gasteiger partial charge < -0.3 is 20.9 Å². The van der Waals surface area contributed by atoms with Crippen molar-refractivity contribution in [2.45, 2.75) is 32.4 Å². The molecule has 13 heavy (non-hydrogen) atoms. The molecule has 1 atom stereocenters. The summed E-state index contributed by atoms with van der Waals surface area (Å²) in [6, 6.07) is 0. The number of rotatable bonds is 8. The van der Waals surface area contributed by atoms with E-state index in [2.05, 4.69) is 12.2 Å². The van der Waals surface area contributed by atoms with Gasteiger partial charge in [-0.1, -0.05) is 13.3 Å². The lowest BCUT2D eigenvalue weighted by Crippen LogP contribution is -2.46. The first-order valence-corrected chi connectivity index (χ1v) is 4.86. The Morgan fingerprint density at radius 2 is 2.15 bits per heavy atom. The molecule has 0 aromatic carbocycles. The summed E-state index contributed by atoms with van der Waals surface area (Å²) in [4.78, 5) is 0. The van der Waals surface area contributed by atoms with Crippen LogP contribution in [0, 0.1) is 0 Å². The normalized spacial score (nSPS) is 15.7. The Balaban J connectivity index is 3.00. The van der Waals surface area contributed by atoms with Crippen LogP contribution in [0.3, 0.4) is 0 Å². The molecule has 0 saturated heterocycles. The molecule has 0 amide bonds. The molecule has 0 radical (unpaired) electrons. The van der Waals surface area contributed by atoms with Crippen molar-refractivity contribution in [1.82, 2.24) is 5.32 Å². The molecule has 0 aromatic rings. The summed E-state index contributed by atoms with van der Waals surface area (Å²) in [5.74, 6) is 0. The highest BCUT2D eigenvalue weighted by Gasteiger charge is 2.10. The number of ether oxygens (including phenoxy) is 1. The van der Waals surface area contributed by atoms with Gasteiger partial charge in [-0.25, -0.2) is 0 Å². The Kier molecular flexibility index (Phi) is 7.17. The van der Waals surface area contributed by atoms with E-state index in [1.165, 1.54) is 0 Å². The van der Waals surface area contributed by atoms with Crippen LogP contribution in [0.15, 0.2) is 0 Å². The predicted molar refractivity (Wildman–Crippen MR) is 53.4 cm³/mol. The fourth-order valence-corrected chi connectivity index (χ4v) is 0.834. The third-order valence-corrected chi connectivity index (χ3v) is 1.55. The van der Waals surface area contributed by atoms with E-state index in [0.717, 1.165) is 26.0 Å². The molecule has 1 unspecified atom stereocenters. The molecule has 0 aliphatic heterocycles. The molecule has 0 saturated carbocycles. The second-order valence-corrected chi connectivity index (χ2v) is 3.50. The van der Waals surface area contributed by atoms with Crippen LogP contribution >= 0.6 is 0 Å². The molecule has 4 heteroatoms. The van der Waals surface area contributed by atoms with Crippen LogP contribution < -0.4 is 11.1 Å². The first-order valence-electron chi connectivity index (χ1n) is 4.86. The third kappa shape index (κ3) is 11.8. The molecule has 0 aromatic heterocycles. The largest absolute Gasteiger partial charge is 0.380 e. The average Bonchev–Trinajstić information content (AvgIpc) is 2.01. The van der Waals surface area contributed by atoms with Crippen molar-refractivity contribution < 1.29 is 9.84 Å². The third-order valence-electron chi connectivity index (χ3n) is 1.55. The van der Waals surface area contributed by atoms with Crippen LogP contribution in [0.25, 0.3) is 0 Å². The number of aliphatic hydroxyl groups is 1. The quantitative estimate of drug-likeness (QED) is 0.374. The summed E-state index contributed by atoms with van der Waals surface area (Å²) in [5, 5.41) is 12.1. The summed E-state index contributed by atoms with van der Waals surface area (Å²) < 4.78 is 5.30. The molecule has 0 aliphatic carbocycles. The van der Waals surface area contributed by atoms with Gasteiger partial charge in [0.25, 0.3) is 0 Å². The first-order chi connectivity index (χ1) is 6.06. The zero-order valence-electron chi connectivity index (χ0n) is 8.68. The maximum Gasteiger partial charge on any atom is 0.123 e. The Bertz CT molecular complexity index is 113. The minimum Gasteiger partial charge on any atom is -0.380 e. The molecule has 4 N–H and O–H groups in total. The molecular weight excluding hydrogens is 168 g/mol. The zero-order valence-corrected chi connectivity index (χ0v) is 8.68. The van der Waals surface area contributed by atoms with Crippen LogP contribution in [-0.2, 0) is 4.74 Å². The van der Waals surface area contributed by atoms with Gasteiger partial charge in [0.2, 0.25) is 0 Å². The van der Waals surface area contributed by atoms with Crippen molar-refractivity contribution in [2.75, 3.05) is 26.3 Å². The van der Waals surface area contributed by atoms with Gasteiger partial charge in [-0.15, -0.1) is 0 Å². The van der Waals surface area contributed by atoms with Crippen LogP contribution in [0.4, 0.5) is 0 Å². The van der Waals surface area contributed by atoms with E-state index < -0.39 is 5.72 Å². The van der Waals surface area contributed by atoms with Crippen molar-refractivity contribution in [3.63, 3.8) is 0 Å². The maximum atomic E-state index is 9.13. The molecule has 0 spiro atoms. The predicted octanol–water partition coefficient (Wildman–Crippen LogP) is 0.0599. The van der Waals surface area contributed by atoms with Crippen LogP contribution in [0.2, 0.25) is 0 Å². The van der Waals surface area contributed by atoms with E-state index >= 15 is 0 Å². The summed E-state index contributed by atoms with van der Waals surface area (Å²) in [6.07, 6.45) is 2.26. The topological polar surface area (TPSA) is 67.5 Å². The van der Waals surface area contributed by atoms with Gasteiger partial charge >= 0.3 is 0 Å². The van der Waals surface area contributed by atoms with E-state index in [-0.39, 0.29) is 0 Å². The van der Waals surface area contributed by atoms with Gasteiger partial charge in [0.1, 0.15) is 5.72 Å². The molecule has 0 aliphatic rings. The maximum absolute atomic E-state index is 9.13. The Morgan fingerprint density at radius 3 is 2.69 bits per heavy atom. The number of unbranched alkanes of at least 4 members (excludes halogenated alkanes) is 1. The van der Waals surface area contributed by atoms with E-state index in [0.29, 0.717) is 13.2 Å². The van der Waals surface area contributed by atoms with Gasteiger partial charge in [-0.3, -0.25) is 0 Å². The number of hydrogen-bond acceptors (Lipinski definition) is 4. The fraction of sp³-hybridized carbons (Fsp3) is 1.00. The number of nitrogens with two attached hydrogens (primary N) is 1. The molecule has 0 bridgehead atoms. The minimum atomic E-state index is -1.12. The smallest absolute Gasteiger partial charge is 0.123 e. The molecular formula is C9H22N2O2. The van der Waals surface area contributed by atoms with E-state index in [1.807, 2.05) is 0 Å². The van der Waals surface area contributed by atoms with Gasteiger partial charge in [0, 0.05) is 19.7 Å². The summed E-state index contributed by atoms with van der Waals surface area (Å²) in [7, 11) is 0. The zero-order chi connectivity index (χ0) is 10.2. The monoisotopic (exact) mass is 190 g/mol. The van der Waals surface area contributed by atoms with Crippen LogP contribution in [0.5, 0.6) is 0 Å². The molecule has 80 valence electrons. The van der Waals surface area contributed by atoms with Crippen molar-refractivity contribution in [1.29, 1.82) is 0 Å². The average molecular weight is 190 g/mol. The molecule has 0 heterocycles. The fourth-order valence-electron chi connectivity index (χ4n) is 0.834. The summed E-state index contributed by atoms with van der Waals surface area (Å²) in [6.45, 7) is 6.32. The highest BCUT2D eigenvalue weighted by Crippen LogP contribution is 1.88. The SMILES string of the molecule is CCCCOCCNCC(C)(N)O. The number of hydrogen-bond donors (Lipinski definition) is 3. The van der Waals surface area contributed by atoms with E-state index in [4.69, 9.17) is 15.6 Å². The van der Waals surface area contributed by atoms with Crippen molar-refractivity contribution in [3.8, 4) is 0 Å². The second-order valence-electron chi connectivity index (χ2n) is 3.50. The highest BCUT2D eigenvalue weighted by molar-refractivity contribution is 4.65. The molecule has 0 fully saturated rings. The Hall–Kier alpha value is -0.160. The summed E-state index contributed by atoms with van der Waals surface area (Å²) in [5.41, 5.74) is 4.23. The van der Waals surface area contributed by atoms with Crippen LogP contribution in [0.1, 0.15) is 26.7 Å². The van der Waals surface area contributed by atoms with E-state index in [1.54, 1.807) is 6.92 Å². The number of nitrogens with one attached hydrogen (secondary N) is 1.